The Balaban J connectivity index is 0.000000217. The van der Waals surface area contributed by atoms with Gasteiger partial charge in [-0.2, -0.15) is 0 Å². The Bertz CT molecular complexity index is 223. The summed E-state index contributed by atoms with van der Waals surface area (Å²) in [5.74, 6) is 0.322. The first-order valence-electron chi connectivity index (χ1n) is 3.24. The number of ether oxygens (including phenoxy) is 1. The maximum atomic E-state index is 9.37. The number of aromatic hydroxyl groups is 1. The molecule has 4 heteroatoms. The zero-order valence-electron chi connectivity index (χ0n) is 6.73. The molecule has 1 amide bonds. The van der Waals surface area contributed by atoms with Crippen molar-refractivity contribution in [2.45, 2.75) is 0 Å². The van der Waals surface area contributed by atoms with Crippen LogP contribution in [0.15, 0.2) is 30.3 Å². The van der Waals surface area contributed by atoms with E-state index in [1.54, 1.807) is 24.3 Å². The molecule has 0 bridgehead atoms. The second-order valence-corrected chi connectivity index (χ2v) is 1.86. The van der Waals surface area contributed by atoms with Crippen LogP contribution in [0.5, 0.6) is 5.75 Å². The highest BCUT2D eigenvalue weighted by atomic mass is 16.5. The van der Waals surface area contributed by atoms with Crippen LogP contribution in [-0.4, -0.2) is 18.3 Å². The SMILES string of the molecule is COC(N)=O.Oc1ccccc1. The molecule has 1 aromatic rings. The third kappa shape index (κ3) is 6.41. The molecule has 0 saturated carbocycles. The predicted octanol–water partition coefficient (Wildman–Crippen LogP) is 1.10. The highest BCUT2D eigenvalue weighted by Crippen LogP contribution is 2.02. The zero-order chi connectivity index (χ0) is 9.40. The standard InChI is InChI=1S/C6H6O.C2H5NO2/c7-6-4-2-1-3-5-6;1-5-2(3)4/h1-5,7H;1H3,(H2,3,4). The van der Waals surface area contributed by atoms with E-state index >= 15 is 0 Å². The molecule has 0 spiro atoms. The summed E-state index contributed by atoms with van der Waals surface area (Å²) >= 11 is 0. The van der Waals surface area contributed by atoms with Crippen molar-refractivity contribution >= 4 is 6.09 Å². The van der Waals surface area contributed by atoms with Gasteiger partial charge < -0.3 is 15.6 Å². The van der Waals surface area contributed by atoms with Gasteiger partial charge in [0, 0.05) is 0 Å². The molecule has 0 aliphatic heterocycles. The Morgan fingerprint density at radius 2 is 1.83 bits per heavy atom. The highest BCUT2D eigenvalue weighted by Gasteiger charge is 1.76. The molecule has 0 aliphatic carbocycles. The first-order chi connectivity index (χ1) is 5.66. The summed E-state index contributed by atoms with van der Waals surface area (Å²) in [6, 6.07) is 8.71. The molecule has 1 rings (SSSR count). The Morgan fingerprint density at radius 3 is 2.00 bits per heavy atom. The highest BCUT2D eigenvalue weighted by molar-refractivity contribution is 5.64. The summed E-state index contributed by atoms with van der Waals surface area (Å²) in [5.41, 5.74) is 4.43. The van der Waals surface area contributed by atoms with Gasteiger partial charge in [-0.15, -0.1) is 0 Å². The smallest absolute Gasteiger partial charge is 0.404 e. The Labute approximate surface area is 70.6 Å². The minimum absolute atomic E-state index is 0.322. The molecular weight excluding hydrogens is 158 g/mol. The third-order valence-corrected chi connectivity index (χ3v) is 0.957. The number of amides is 1. The van der Waals surface area contributed by atoms with Crippen molar-refractivity contribution in [1.82, 2.24) is 0 Å². The number of nitrogens with two attached hydrogens (primary N) is 1. The molecule has 66 valence electrons. The molecule has 4 nitrogen and oxygen atoms in total. The van der Waals surface area contributed by atoms with Gasteiger partial charge in [0.15, 0.2) is 0 Å². The molecule has 1 aromatic carbocycles. The van der Waals surface area contributed by atoms with Crippen LogP contribution in [0.4, 0.5) is 4.79 Å². The fourth-order valence-electron chi connectivity index (χ4n) is 0.428. The van der Waals surface area contributed by atoms with E-state index in [-0.39, 0.29) is 0 Å². The third-order valence-electron chi connectivity index (χ3n) is 0.957. The lowest BCUT2D eigenvalue weighted by atomic mass is 10.3. The van der Waals surface area contributed by atoms with E-state index < -0.39 is 6.09 Å². The van der Waals surface area contributed by atoms with Gasteiger partial charge in [0.2, 0.25) is 0 Å². The molecule has 0 radical (unpaired) electrons. The first-order valence-corrected chi connectivity index (χ1v) is 3.24. The van der Waals surface area contributed by atoms with Gasteiger partial charge in [-0.25, -0.2) is 4.79 Å². The number of hydrogen-bond acceptors (Lipinski definition) is 3. The van der Waals surface area contributed by atoms with Crippen LogP contribution in [0.2, 0.25) is 0 Å². The zero-order valence-corrected chi connectivity index (χ0v) is 6.73. The van der Waals surface area contributed by atoms with Crippen molar-refractivity contribution in [2.75, 3.05) is 7.11 Å². The normalized spacial score (nSPS) is 7.75. The number of carbonyl (C=O) groups is 1. The molecule has 0 unspecified atom stereocenters. The van der Waals surface area contributed by atoms with Crippen LogP contribution >= 0.6 is 0 Å². The fourth-order valence-corrected chi connectivity index (χ4v) is 0.428. The Morgan fingerprint density at radius 1 is 1.42 bits per heavy atom. The number of hydrogen-bond donors (Lipinski definition) is 2. The number of carbonyl (C=O) groups excluding carboxylic acids is 1. The van der Waals surface area contributed by atoms with Gasteiger partial charge >= 0.3 is 6.09 Å². The first kappa shape index (κ1) is 10.3. The van der Waals surface area contributed by atoms with Crippen molar-refractivity contribution < 1.29 is 14.6 Å². The summed E-state index contributed by atoms with van der Waals surface area (Å²) in [4.78, 5) is 9.37. The molecule has 0 aliphatic rings. The molecule has 0 fully saturated rings. The second kappa shape index (κ2) is 6.03. The minimum atomic E-state index is -0.745. The van der Waals surface area contributed by atoms with Crippen LogP contribution < -0.4 is 5.73 Å². The quantitative estimate of drug-likeness (QED) is 0.610. The van der Waals surface area contributed by atoms with Crippen molar-refractivity contribution in [3.8, 4) is 5.75 Å². The second-order valence-electron chi connectivity index (χ2n) is 1.86. The average Bonchev–Trinajstić information content (AvgIpc) is 2.07. The fraction of sp³-hybridized carbons (Fsp3) is 0.125. The molecule has 0 aromatic heterocycles. The van der Waals surface area contributed by atoms with Gasteiger partial charge in [0.25, 0.3) is 0 Å². The van der Waals surface area contributed by atoms with Crippen molar-refractivity contribution in [1.29, 1.82) is 0 Å². The molecule has 0 saturated heterocycles. The Hall–Kier alpha value is -1.71. The lowest BCUT2D eigenvalue weighted by molar-refractivity contribution is 0.182. The van der Waals surface area contributed by atoms with Gasteiger partial charge in [-0.1, -0.05) is 18.2 Å². The van der Waals surface area contributed by atoms with E-state index in [0.717, 1.165) is 0 Å². The summed E-state index contributed by atoms with van der Waals surface area (Å²) in [5, 5.41) is 8.63. The van der Waals surface area contributed by atoms with Gasteiger partial charge in [-0.05, 0) is 12.1 Å². The largest absolute Gasteiger partial charge is 0.508 e. The molecule has 0 atom stereocenters. The Kier molecular flexibility index (Phi) is 5.17. The monoisotopic (exact) mass is 169 g/mol. The number of primary amides is 1. The van der Waals surface area contributed by atoms with E-state index in [1.807, 2.05) is 6.07 Å². The van der Waals surface area contributed by atoms with Crippen LogP contribution in [0.3, 0.4) is 0 Å². The van der Waals surface area contributed by atoms with Crippen LogP contribution in [0, 0.1) is 0 Å². The number of phenols is 1. The van der Waals surface area contributed by atoms with E-state index in [0.29, 0.717) is 5.75 Å². The van der Waals surface area contributed by atoms with Gasteiger partial charge in [0.05, 0.1) is 7.11 Å². The number of phenolic OH excluding ortho intramolecular Hbond substituents is 1. The van der Waals surface area contributed by atoms with E-state index in [4.69, 9.17) is 5.11 Å². The van der Waals surface area contributed by atoms with Gasteiger partial charge in [0.1, 0.15) is 5.75 Å². The lowest BCUT2D eigenvalue weighted by Crippen LogP contribution is -2.08. The van der Waals surface area contributed by atoms with Crippen LogP contribution in [-0.2, 0) is 4.74 Å². The number of rotatable bonds is 0. The average molecular weight is 169 g/mol. The summed E-state index contributed by atoms with van der Waals surface area (Å²) in [7, 11) is 1.22. The number of para-hydroxylation sites is 1. The topological polar surface area (TPSA) is 72.5 Å². The summed E-state index contributed by atoms with van der Waals surface area (Å²) < 4.78 is 3.89. The van der Waals surface area contributed by atoms with Crippen molar-refractivity contribution in [3.63, 3.8) is 0 Å². The molecule has 3 N–H and O–H groups in total. The molecule has 0 heterocycles. The number of methoxy groups -OCH3 is 1. The van der Waals surface area contributed by atoms with Crippen molar-refractivity contribution in [3.05, 3.63) is 30.3 Å². The lowest BCUT2D eigenvalue weighted by Gasteiger charge is -1.82. The molecule has 12 heavy (non-hydrogen) atoms. The maximum absolute atomic E-state index is 9.37. The van der Waals surface area contributed by atoms with Crippen LogP contribution in [0.25, 0.3) is 0 Å². The van der Waals surface area contributed by atoms with Crippen LogP contribution in [0.1, 0.15) is 0 Å². The minimum Gasteiger partial charge on any atom is -0.508 e. The maximum Gasteiger partial charge on any atom is 0.404 e. The van der Waals surface area contributed by atoms with E-state index in [2.05, 4.69) is 10.5 Å². The van der Waals surface area contributed by atoms with E-state index in [1.165, 1.54) is 7.11 Å². The van der Waals surface area contributed by atoms with Gasteiger partial charge in [-0.3, -0.25) is 0 Å². The van der Waals surface area contributed by atoms with Crippen molar-refractivity contribution in [2.24, 2.45) is 5.73 Å². The van der Waals surface area contributed by atoms with E-state index in [9.17, 15) is 4.79 Å². The molecular formula is C8H11NO3. The predicted molar refractivity (Wildman–Crippen MR) is 44.7 cm³/mol. The number of benzene rings is 1. The summed E-state index contributed by atoms with van der Waals surface area (Å²) in [6.45, 7) is 0. The summed E-state index contributed by atoms with van der Waals surface area (Å²) in [6.07, 6.45) is -0.745.